The minimum absolute atomic E-state index is 0.0818. The predicted molar refractivity (Wildman–Crippen MR) is 95.1 cm³/mol. The van der Waals surface area contributed by atoms with Crippen molar-refractivity contribution < 1.29 is 18.0 Å². The lowest BCUT2D eigenvalue weighted by Crippen LogP contribution is -2.27. The van der Waals surface area contributed by atoms with E-state index in [0.717, 1.165) is 15.7 Å². The summed E-state index contributed by atoms with van der Waals surface area (Å²) in [7, 11) is 0. The largest absolute Gasteiger partial charge is 0.406 e. The van der Waals surface area contributed by atoms with Crippen LogP contribution in [0.2, 0.25) is 0 Å². The van der Waals surface area contributed by atoms with Gasteiger partial charge in [0.1, 0.15) is 12.4 Å². The Morgan fingerprint density at radius 1 is 1.04 bits per heavy atom. The Balaban J connectivity index is 1.70. The summed E-state index contributed by atoms with van der Waals surface area (Å²) in [5, 5.41) is 2.66. The van der Waals surface area contributed by atoms with E-state index in [1.54, 1.807) is 12.1 Å². The number of benzene rings is 2. The molecule has 0 bridgehead atoms. The maximum absolute atomic E-state index is 12.6. The molecule has 1 aromatic heterocycles. The summed E-state index contributed by atoms with van der Waals surface area (Å²) >= 11 is 0. The van der Waals surface area contributed by atoms with E-state index in [-0.39, 0.29) is 18.3 Å². The van der Waals surface area contributed by atoms with Crippen molar-refractivity contribution >= 4 is 5.91 Å². The van der Waals surface area contributed by atoms with Gasteiger partial charge in [-0.15, -0.1) is 0 Å². The fourth-order valence-corrected chi connectivity index (χ4v) is 2.81. The molecule has 27 heavy (non-hydrogen) atoms. The zero-order valence-electron chi connectivity index (χ0n) is 14.4. The van der Waals surface area contributed by atoms with Gasteiger partial charge in [-0.1, -0.05) is 48.5 Å². The molecule has 1 amide bonds. The topological polar surface area (TPSA) is 46.9 Å². The van der Waals surface area contributed by atoms with Crippen LogP contribution >= 0.6 is 0 Å². The number of halogens is 3. The molecule has 3 rings (SSSR count). The smallest absolute Gasteiger partial charge is 0.345 e. The average Bonchev–Trinajstić information content (AvgIpc) is 3.06. The van der Waals surface area contributed by atoms with Crippen LogP contribution < -0.4 is 5.32 Å². The molecule has 0 saturated carbocycles. The van der Waals surface area contributed by atoms with Gasteiger partial charge in [-0.25, -0.2) is 4.98 Å². The number of nitrogens with zero attached hydrogens (tertiary/aromatic N) is 2. The fraction of sp³-hybridized carbons (Fsp3) is 0.200. The molecule has 140 valence electrons. The fourth-order valence-electron chi connectivity index (χ4n) is 2.81. The first-order valence-electron chi connectivity index (χ1n) is 8.39. The van der Waals surface area contributed by atoms with Crippen LogP contribution in [0.3, 0.4) is 0 Å². The summed E-state index contributed by atoms with van der Waals surface area (Å²) in [6.45, 7) is -1.22. The summed E-state index contributed by atoms with van der Waals surface area (Å²) < 4.78 is 38.7. The number of nitrogens with one attached hydrogen (secondary N) is 1. The average molecular weight is 373 g/mol. The summed E-state index contributed by atoms with van der Waals surface area (Å²) in [5.41, 5.74) is 2.41. The highest BCUT2D eigenvalue weighted by Crippen LogP contribution is 2.18. The quantitative estimate of drug-likeness (QED) is 0.711. The van der Waals surface area contributed by atoms with Crippen molar-refractivity contribution in [3.05, 3.63) is 89.5 Å². The Hall–Kier alpha value is -3.09. The molecular weight excluding hydrogens is 355 g/mol. The van der Waals surface area contributed by atoms with Gasteiger partial charge >= 0.3 is 6.18 Å². The lowest BCUT2D eigenvalue weighted by atomic mass is 9.99. The van der Waals surface area contributed by atoms with Crippen molar-refractivity contribution in [3.8, 4) is 0 Å². The zero-order chi connectivity index (χ0) is 19.3. The molecule has 7 heteroatoms. The molecule has 1 N–H and O–H groups in total. The van der Waals surface area contributed by atoms with Crippen LogP contribution in [-0.4, -0.2) is 21.6 Å². The Kier molecular flexibility index (Phi) is 5.59. The van der Waals surface area contributed by atoms with Gasteiger partial charge in [0.2, 0.25) is 0 Å². The summed E-state index contributed by atoms with van der Waals surface area (Å²) in [5.74, 6) is -0.190. The van der Waals surface area contributed by atoms with Crippen molar-refractivity contribution in [1.29, 1.82) is 0 Å². The molecule has 0 saturated heterocycles. The van der Waals surface area contributed by atoms with E-state index in [4.69, 9.17) is 0 Å². The van der Waals surface area contributed by atoms with Crippen LogP contribution in [0.1, 0.15) is 27.3 Å². The highest BCUT2D eigenvalue weighted by molar-refractivity contribution is 5.95. The lowest BCUT2D eigenvalue weighted by molar-refractivity contribution is -0.141. The number of alkyl halides is 3. The number of amides is 1. The number of rotatable bonds is 6. The zero-order valence-corrected chi connectivity index (χ0v) is 14.4. The van der Waals surface area contributed by atoms with Gasteiger partial charge in [0.15, 0.2) is 0 Å². The highest BCUT2D eigenvalue weighted by Gasteiger charge is 2.28. The van der Waals surface area contributed by atoms with E-state index in [2.05, 4.69) is 10.3 Å². The molecule has 0 unspecified atom stereocenters. The molecule has 2 aromatic carbocycles. The molecule has 0 aliphatic heterocycles. The third kappa shape index (κ3) is 5.20. The first-order valence-corrected chi connectivity index (χ1v) is 8.39. The van der Waals surface area contributed by atoms with Gasteiger partial charge in [-0.05, 0) is 23.6 Å². The second-order valence-corrected chi connectivity index (χ2v) is 6.09. The van der Waals surface area contributed by atoms with Gasteiger partial charge in [-0.3, -0.25) is 4.79 Å². The van der Waals surface area contributed by atoms with Gasteiger partial charge in [0, 0.05) is 18.0 Å². The van der Waals surface area contributed by atoms with Crippen LogP contribution in [0.25, 0.3) is 0 Å². The maximum atomic E-state index is 12.6. The molecule has 0 fully saturated rings. The van der Waals surface area contributed by atoms with Crippen molar-refractivity contribution in [2.24, 2.45) is 0 Å². The molecular formula is C20H18F3N3O. The molecule has 0 atom stereocenters. The monoisotopic (exact) mass is 373 g/mol. The van der Waals surface area contributed by atoms with E-state index >= 15 is 0 Å². The van der Waals surface area contributed by atoms with Crippen molar-refractivity contribution in [1.82, 2.24) is 14.9 Å². The van der Waals surface area contributed by atoms with Gasteiger partial charge in [0.25, 0.3) is 5.91 Å². The minimum Gasteiger partial charge on any atom is -0.345 e. The van der Waals surface area contributed by atoms with Crippen LogP contribution in [0, 0.1) is 0 Å². The number of carbonyl (C=O) groups excluding carboxylic acids is 1. The first-order chi connectivity index (χ1) is 12.9. The van der Waals surface area contributed by atoms with Gasteiger partial charge in [0.05, 0.1) is 6.54 Å². The lowest BCUT2D eigenvalue weighted by Gasteiger charge is -2.13. The Morgan fingerprint density at radius 2 is 1.74 bits per heavy atom. The third-order valence-corrected chi connectivity index (χ3v) is 4.06. The third-order valence-electron chi connectivity index (χ3n) is 4.06. The van der Waals surface area contributed by atoms with E-state index in [1.807, 2.05) is 42.5 Å². The predicted octanol–water partition coefficient (Wildman–Crippen LogP) is 3.97. The Morgan fingerprint density at radius 3 is 2.48 bits per heavy atom. The van der Waals surface area contributed by atoms with Crippen LogP contribution in [-0.2, 0) is 19.5 Å². The number of aromatic nitrogens is 2. The van der Waals surface area contributed by atoms with Gasteiger partial charge in [-0.2, -0.15) is 13.2 Å². The summed E-state index contributed by atoms with van der Waals surface area (Å²) in [6, 6.07) is 16.9. The maximum Gasteiger partial charge on any atom is 0.406 e. The molecule has 0 radical (unpaired) electrons. The second-order valence-electron chi connectivity index (χ2n) is 6.09. The van der Waals surface area contributed by atoms with Crippen LogP contribution in [0.4, 0.5) is 13.2 Å². The number of hydrogen-bond acceptors (Lipinski definition) is 2. The SMILES string of the molecule is O=C(NCc1nccn1CC(F)(F)F)c1ccccc1Cc1ccccc1. The standard InChI is InChI=1S/C20H18F3N3O/c21-20(22,23)14-26-11-10-24-18(26)13-25-19(27)17-9-5-4-8-16(17)12-15-6-2-1-3-7-15/h1-11H,12-14H2,(H,25,27). The van der Waals surface area contributed by atoms with E-state index < -0.39 is 12.7 Å². The highest BCUT2D eigenvalue weighted by atomic mass is 19.4. The summed E-state index contributed by atoms with van der Waals surface area (Å²) in [4.78, 5) is 16.5. The Bertz CT molecular complexity index is 904. The van der Waals surface area contributed by atoms with Crippen LogP contribution in [0.5, 0.6) is 0 Å². The molecule has 0 aliphatic rings. The van der Waals surface area contributed by atoms with E-state index in [1.165, 1.54) is 12.4 Å². The normalized spacial score (nSPS) is 11.4. The number of imidazole rings is 1. The summed E-state index contributed by atoms with van der Waals surface area (Å²) in [6.07, 6.45) is -1.22. The molecule has 4 nitrogen and oxygen atoms in total. The van der Waals surface area contributed by atoms with Crippen LogP contribution in [0.15, 0.2) is 67.0 Å². The minimum atomic E-state index is -4.35. The van der Waals surface area contributed by atoms with Gasteiger partial charge < -0.3 is 9.88 Å². The number of carbonyl (C=O) groups is 1. The van der Waals surface area contributed by atoms with Crippen molar-refractivity contribution in [2.45, 2.75) is 25.7 Å². The van der Waals surface area contributed by atoms with Crippen molar-refractivity contribution in [2.75, 3.05) is 0 Å². The van der Waals surface area contributed by atoms with Crippen molar-refractivity contribution in [3.63, 3.8) is 0 Å². The molecule has 1 heterocycles. The first kappa shape index (κ1) is 18.7. The molecule has 3 aromatic rings. The molecule has 0 spiro atoms. The molecule has 0 aliphatic carbocycles. The number of hydrogen-bond donors (Lipinski definition) is 1. The Labute approximate surface area is 154 Å². The second kappa shape index (κ2) is 8.07. The van der Waals surface area contributed by atoms with E-state index in [9.17, 15) is 18.0 Å². The van der Waals surface area contributed by atoms with E-state index in [0.29, 0.717) is 12.0 Å².